The molecule has 0 unspecified atom stereocenters. The fourth-order valence-corrected chi connectivity index (χ4v) is 3.32. The fourth-order valence-electron chi connectivity index (χ4n) is 3.32. The van der Waals surface area contributed by atoms with Crippen LogP contribution in [0, 0.1) is 11.8 Å². The van der Waals surface area contributed by atoms with Crippen LogP contribution in [0.5, 0.6) is 5.88 Å². The average molecular weight is 442 g/mol. The van der Waals surface area contributed by atoms with Crippen LogP contribution in [0.1, 0.15) is 40.1 Å². The van der Waals surface area contributed by atoms with Gasteiger partial charge in [-0.1, -0.05) is 11.8 Å². The molecular formula is C21H17F3N6O2. The number of halogens is 3. The molecule has 0 fully saturated rings. The van der Waals surface area contributed by atoms with Crippen LogP contribution in [0.2, 0.25) is 0 Å². The summed E-state index contributed by atoms with van der Waals surface area (Å²) >= 11 is 0. The number of carbonyl (C=O) groups is 1. The molecule has 4 rings (SSSR count). The molecule has 3 aromatic heterocycles. The molecule has 1 aliphatic rings. The monoisotopic (exact) mass is 442 g/mol. The van der Waals surface area contributed by atoms with Crippen molar-refractivity contribution in [2.45, 2.75) is 19.1 Å². The highest BCUT2D eigenvalue weighted by Crippen LogP contribution is 2.37. The molecule has 32 heavy (non-hydrogen) atoms. The van der Waals surface area contributed by atoms with Gasteiger partial charge in [0.05, 0.1) is 24.9 Å². The Kier molecular flexibility index (Phi) is 5.22. The van der Waals surface area contributed by atoms with Gasteiger partial charge in [0.15, 0.2) is 0 Å². The Morgan fingerprint density at radius 2 is 1.97 bits per heavy atom. The molecule has 11 heteroatoms. The Morgan fingerprint density at radius 1 is 1.19 bits per heavy atom. The lowest BCUT2D eigenvalue weighted by Gasteiger charge is -2.31. The van der Waals surface area contributed by atoms with E-state index in [1.807, 2.05) is 6.92 Å². The summed E-state index contributed by atoms with van der Waals surface area (Å²) in [6.45, 7) is 2.00. The van der Waals surface area contributed by atoms with Crippen molar-refractivity contribution in [3.05, 3.63) is 59.0 Å². The Morgan fingerprint density at radius 3 is 2.62 bits per heavy atom. The Bertz CT molecular complexity index is 1240. The zero-order valence-corrected chi connectivity index (χ0v) is 17.0. The van der Waals surface area contributed by atoms with E-state index in [0.29, 0.717) is 16.9 Å². The number of hydrogen-bond acceptors (Lipinski definition) is 6. The van der Waals surface area contributed by atoms with Gasteiger partial charge in [-0.3, -0.25) is 14.4 Å². The van der Waals surface area contributed by atoms with E-state index in [1.165, 1.54) is 17.3 Å². The Balaban J connectivity index is 1.71. The third-order valence-corrected chi connectivity index (χ3v) is 4.86. The van der Waals surface area contributed by atoms with Gasteiger partial charge in [0.2, 0.25) is 5.88 Å². The molecule has 0 saturated carbocycles. The molecule has 0 bridgehead atoms. The van der Waals surface area contributed by atoms with Crippen molar-refractivity contribution in [1.82, 2.24) is 19.7 Å². The third-order valence-electron chi connectivity index (χ3n) is 4.86. The lowest BCUT2D eigenvalue weighted by atomic mass is 10.1. The van der Waals surface area contributed by atoms with Gasteiger partial charge in [-0.05, 0) is 31.2 Å². The Hall–Kier alpha value is -4.07. The predicted molar refractivity (Wildman–Crippen MR) is 109 cm³/mol. The number of nitrogens with zero attached hydrogens (tertiary/aromatic N) is 5. The predicted octanol–water partition coefficient (Wildman–Crippen LogP) is 2.90. The number of nitrogens with two attached hydrogens (primary N) is 1. The summed E-state index contributed by atoms with van der Waals surface area (Å²) in [6.07, 6.45) is -1.65. The number of pyridine rings is 2. The number of hydrogen-bond donors (Lipinski definition) is 1. The molecule has 0 aliphatic carbocycles. The van der Waals surface area contributed by atoms with Gasteiger partial charge >= 0.3 is 6.18 Å². The number of carbonyl (C=O) groups excluding carboxylic acids is 1. The molecular weight excluding hydrogens is 425 g/mol. The molecule has 0 saturated heterocycles. The normalized spacial score (nSPS) is 15.7. The Labute approximate surface area is 180 Å². The van der Waals surface area contributed by atoms with Crippen LogP contribution in [0.25, 0.3) is 0 Å². The van der Waals surface area contributed by atoms with Gasteiger partial charge in [0.25, 0.3) is 5.91 Å². The highest BCUT2D eigenvalue weighted by molar-refractivity contribution is 6.07. The molecule has 0 aromatic carbocycles. The average Bonchev–Trinajstić information content (AvgIpc) is 3.20. The molecule has 4 heterocycles. The first-order valence-corrected chi connectivity index (χ1v) is 9.44. The van der Waals surface area contributed by atoms with Crippen molar-refractivity contribution in [1.29, 1.82) is 0 Å². The minimum absolute atomic E-state index is 0.0424. The lowest BCUT2D eigenvalue weighted by Crippen LogP contribution is -2.43. The zero-order chi connectivity index (χ0) is 23.0. The van der Waals surface area contributed by atoms with Gasteiger partial charge < -0.3 is 10.5 Å². The maximum absolute atomic E-state index is 13.2. The van der Waals surface area contributed by atoms with Crippen LogP contribution in [-0.4, -0.2) is 39.3 Å². The fraction of sp³-hybridized carbons (Fsp3) is 0.238. The zero-order valence-electron chi connectivity index (χ0n) is 17.0. The van der Waals surface area contributed by atoms with E-state index in [2.05, 4.69) is 26.9 Å². The number of fused-ring (bicyclic) bond motifs is 1. The summed E-state index contributed by atoms with van der Waals surface area (Å²) < 4.78 is 45.9. The second-order valence-electron chi connectivity index (χ2n) is 7.06. The number of methoxy groups -OCH3 is 1. The number of nitrogen functional groups attached to an aromatic ring is 1. The van der Waals surface area contributed by atoms with E-state index in [1.54, 1.807) is 16.8 Å². The first-order valence-electron chi connectivity index (χ1n) is 9.44. The summed E-state index contributed by atoms with van der Waals surface area (Å²) in [7, 11) is 1.09. The minimum Gasteiger partial charge on any atom is -0.481 e. The molecule has 0 radical (unpaired) electrons. The summed E-state index contributed by atoms with van der Waals surface area (Å²) in [6, 6.07) is 5.04. The van der Waals surface area contributed by atoms with Crippen LogP contribution in [0.15, 0.2) is 36.7 Å². The number of alkyl halides is 3. The van der Waals surface area contributed by atoms with Crippen molar-refractivity contribution in [3.8, 4) is 17.7 Å². The minimum atomic E-state index is -4.63. The van der Waals surface area contributed by atoms with E-state index in [4.69, 9.17) is 10.5 Å². The molecule has 2 N–H and O–H groups in total. The molecule has 8 nitrogen and oxygen atoms in total. The number of aromatic nitrogens is 4. The first-order chi connectivity index (χ1) is 15.2. The maximum atomic E-state index is 13.2. The van der Waals surface area contributed by atoms with Gasteiger partial charge in [-0.2, -0.15) is 23.3 Å². The second-order valence-corrected chi connectivity index (χ2v) is 7.06. The number of anilines is 2. The summed E-state index contributed by atoms with van der Waals surface area (Å²) in [5.74, 6) is 5.13. The standard InChI is InChI=1S/C21H17F3N6O2/c1-12-11-29(17-8-6-15(21(22,23)24)19(28-17)32-2)20(31)18-14(10-27-30(12)18)5-3-13-4-7-16(25)26-9-13/h4,6-10,12H,11H2,1-2H3,(H2,25,26)/t12-/m0/s1. The summed E-state index contributed by atoms with van der Waals surface area (Å²) in [4.78, 5) is 22.4. The van der Waals surface area contributed by atoms with Gasteiger partial charge in [0.1, 0.15) is 22.9 Å². The van der Waals surface area contributed by atoms with Gasteiger partial charge in [-0.25, -0.2) is 4.98 Å². The summed E-state index contributed by atoms with van der Waals surface area (Å²) in [5, 5.41) is 4.26. The number of ether oxygens (including phenoxy) is 1. The van der Waals surface area contributed by atoms with Crippen LogP contribution >= 0.6 is 0 Å². The van der Waals surface area contributed by atoms with Crippen molar-refractivity contribution in [2.75, 3.05) is 24.3 Å². The van der Waals surface area contributed by atoms with Crippen LogP contribution in [0.4, 0.5) is 24.8 Å². The van der Waals surface area contributed by atoms with Crippen molar-refractivity contribution < 1.29 is 22.7 Å². The third kappa shape index (κ3) is 3.82. The molecule has 1 atom stereocenters. The second kappa shape index (κ2) is 7.88. The van der Waals surface area contributed by atoms with Crippen LogP contribution in [-0.2, 0) is 6.18 Å². The molecule has 1 amide bonds. The highest BCUT2D eigenvalue weighted by Gasteiger charge is 2.38. The van der Waals surface area contributed by atoms with E-state index < -0.39 is 23.5 Å². The van der Waals surface area contributed by atoms with Crippen molar-refractivity contribution >= 4 is 17.5 Å². The van der Waals surface area contributed by atoms with Gasteiger partial charge in [0, 0.05) is 18.3 Å². The maximum Gasteiger partial charge on any atom is 0.421 e. The quantitative estimate of drug-likeness (QED) is 0.613. The smallest absolute Gasteiger partial charge is 0.421 e. The summed E-state index contributed by atoms with van der Waals surface area (Å²) in [5.41, 5.74) is 5.75. The van der Waals surface area contributed by atoms with E-state index >= 15 is 0 Å². The molecule has 0 spiro atoms. The lowest BCUT2D eigenvalue weighted by molar-refractivity contribution is -0.139. The molecule has 1 aliphatic heterocycles. The van der Waals surface area contributed by atoms with E-state index in [-0.39, 0.29) is 24.1 Å². The first kappa shape index (κ1) is 21.2. The molecule has 3 aromatic rings. The van der Waals surface area contributed by atoms with Crippen LogP contribution in [0.3, 0.4) is 0 Å². The van der Waals surface area contributed by atoms with Crippen molar-refractivity contribution in [2.24, 2.45) is 0 Å². The highest BCUT2D eigenvalue weighted by atomic mass is 19.4. The van der Waals surface area contributed by atoms with Crippen LogP contribution < -0.4 is 15.4 Å². The molecule has 164 valence electrons. The van der Waals surface area contributed by atoms with Crippen molar-refractivity contribution in [3.63, 3.8) is 0 Å². The van der Waals surface area contributed by atoms with Gasteiger partial charge in [-0.15, -0.1) is 0 Å². The number of rotatable bonds is 2. The topological polar surface area (TPSA) is 99.2 Å². The largest absolute Gasteiger partial charge is 0.481 e. The van der Waals surface area contributed by atoms with E-state index in [9.17, 15) is 18.0 Å². The number of amides is 1. The SMILES string of the molecule is COc1nc(N2C[C@H](C)n3ncc(C#Cc4ccc(N)nc4)c3C2=O)ccc1C(F)(F)F. The van der Waals surface area contributed by atoms with E-state index in [0.717, 1.165) is 19.2 Å².